The van der Waals surface area contributed by atoms with Gasteiger partial charge in [0.05, 0.1) is 25.5 Å². The molecule has 2 heterocycles. The molecule has 0 saturated carbocycles. The van der Waals surface area contributed by atoms with Gasteiger partial charge >= 0.3 is 0 Å². The third kappa shape index (κ3) is 4.90. The lowest BCUT2D eigenvalue weighted by atomic mass is 10.2. The summed E-state index contributed by atoms with van der Waals surface area (Å²) in [5.74, 6) is 2.95. The van der Waals surface area contributed by atoms with Gasteiger partial charge in [-0.05, 0) is 50.2 Å². The second-order valence-corrected chi connectivity index (χ2v) is 9.36. The van der Waals surface area contributed by atoms with Gasteiger partial charge in [-0.25, -0.2) is 4.98 Å². The number of hydrogen-bond acceptors (Lipinski definition) is 8. The van der Waals surface area contributed by atoms with Crippen LogP contribution in [0.3, 0.4) is 0 Å². The molecule has 0 atom stereocenters. The Bertz CT molecular complexity index is 1230. The largest absolute Gasteiger partial charge is 0.493 e. The first kappa shape index (κ1) is 24.1. The molecule has 0 spiro atoms. The third-order valence-electron chi connectivity index (χ3n) is 5.62. The summed E-state index contributed by atoms with van der Waals surface area (Å²) in [7, 11) is 5.29. The lowest BCUT2D eigenvalue weighted by molar-refractivity contribution is 0.356. The topological polar surface area (TPSA) is 65.3 Å². The van der Waals surface area contributed by atoms with Gasteiger partial charge in [0.15, 0.2) is 22.5 Å². The Labute approximate surface area is 208 Å². The monoisotopic (exact) mass is 495 g/mol. The number of thioether (sulfide) groups is 1. The van der Waals surface area contributed by atoms with Crippen molar-refractivity contribution in [2.24, 2.45) is 7.05 Å². The molecule has 0 aliphatic heterocycles. The Kier molecular flexibility index (Phi) is 7.74. The van der Waals surface area contributed by atoms with E-state index >= 15 is 0 Å². The Morgan fingerprint density at radius 3 is 2.44 bits per heavy atom. The fourth-order valence-electron chi connectivity index (χ4n) is 3.79. The quantitative estimate of drug-likeness (QED) is 0.259. The molecule has 34 heavy (non-hydrogen) atoms. The van der Waals surface area contributed by atoms with E-state index in [0.717, 1.165) is 45.9 Å². The minimum absolute atomic E-state index is 0.697. The minimum atomic E-state index is 0.697. The molecule has 9 heteroatoms. The molecule has 4 aromatic rings. The highest BCUT2D eigenvalue weighted by Gasteiger charge is 2.16. The van der Waals surface area contributed by atoms with Gasteiger partial charge in [-0.1, -0.05) is 17.8 Å². The summed E-state index contributed by atoms with van der Waals surface area (Å²) in [5.41, 5.74) is 4.19. The van der Waals surface area contributed by atoms with E-state index in [1.807, 2.05) is 29.8 Å². The average molecular weight is 496 g/mol. The number of ether oxygens (including phenoxy) is 2. The van der Waals surface area contributed by atoms with Crippen molar-refractivity contribution in [3.63, 3.8) is 0 Å². The number of methoxy groups -OCH3 is 2. The average Bonchev–Trinajstić information content (AvgIpc) is 3.50. The maximum atomic E-state index is 5.57. The standard InChI is InChI=1S/C25H29N5O2S2/c1-6-30(7-2)19-13-11-17(12-14-19)23-27-28-25(29(23)3)34-16-18-15-33-24(26-18)20-9-8-10-21(31-4)22(20)32-5/h8-15H,6-7,16H2,1-5H3. The van der Waals surface area contributed by atoms with Crippen LogP contribution in [-0.4, -0.2) is 47.1 Å². The van der Waals surface area contributed by atoms with Crippen molar-refractivity contribution >= 4 is 28.8 Å². The Morgan fingerprint density at radius 2 is 1.76 bits per heavy atom. The van der Waals surface area contributed by atoms with Gasteiger partial charge in [-0.15, -0.1) is 21.5 Å². The van der Waals surface area contributed by atoms with Crippen molar-refractivity contribution in [2.75, 3.05) is 32.2 Å². The molecular formula is C25H29N5O2S2. The number of hydrogen-bond donors (Lipinski definition) is 0. The lowest BCUT2D eigenvalue weighted by Gasteiger charge is -2.21. The number of thiazole rings is 1. The zero-order chi connectivity index (χ0) is 24.1. The molecule has 0 saturated heterocycles. The predicted octanol–water partition coefficient (Wildman–Crippen LogP) is 5.76. The normalized spacial score (nSPS) is 11.0. The van der Waals surface area contributed by atoms with Gasteiger partial charge in [-0.2, -0.15) is 0 Å². The first-order valence-electron chi connectivity index (χ1n) is 11.1. The van der Waals surface area contributed by atoms with Crippen LogP contribution in [-0.2, 0) is 12.8 Å². The number of benzene rings is 2. The maximum absolute atomic E-state index is 5.57. The van der Waals surface area contributed by atoms with E-state index in [4.69, 9.17) is 14.5 Å². The van der Waals surface area contributed by atoms with Crippen molar-refractivity contribution in [2.45, 2.75) is 24.8 Å². The van der Waals surface area contributed by atoms with E-state index in [1.54, 1.807) is 37.3 Å². The minimum Gasteiger partial charge on any atom is -0.493 e. The SMILES string of the molecule is CCN(CC)c1ccc(-c2nnc(SCc3csc(-c4cccc(OC)c4OC)n3)n2C)cc1. The maximum Gasteiger partial charge on any atom is 0.191 e. The van der Waals surface area contributed by atoms with Crippen LogP contribution in [0.4, 0.5) is 5.69 Å². The van der Waals surface area contributed by atoms with Crippen molar-refractivity contribution in [3.05, 3.63) is 53.5 Å². The fraction of sp³-hybridized carbons (Fsp3) is 0.320. The molecule has 4 rings (SSSR count). The van der Waals surface area contributed by atoms with E-state index in [9.17, 15) is 0 Å². The molecule has 0 bridgehead atoms. The fourth-order valence-corrected chi connectivity index (χ4v) is 5.54. The first-order valence-corrected chi connectivity index (χ1v) is 13.0. The summed E-state index contributed by atoms with van der Waals surface area (Å²) in [4.78, 5) is 7.14. The van der Waals surface area contributed by atoms with Gasteiger partial charge in [0, 0.05) is 42.5 Å². The van der Waals surface area contributed by atoms with Crippen LogP contribution in [0.2, 0.25) is 0 Å². The zero-order valence-corrected chi connectivity index (χ0v) is 21.7. The Hall–Kier alpha value is -3.04. The summed E-state index contributed by atoms with van der Waals surface area (Å²) >= 11 is 3.22. The smallest absolute Gasteiger partial charge is 0.191 e. The van der Waals surface area contributed by atoms with Crippen LogP contribution in [0.1, 0.15) is 19.5 Å². The third-order valence-corrected chi connectivity index (χ3v) is 7.60. The molecule has 178 valence electrons. The lowest BCUT2D eigenvalue weighted by Crippen LogP contribution is -2.21. The molecule has 0 unspecified atom stereocenters. The molecule has 0 aliphatic carbocycles. The van der Waals surface area contributed by atoms with Crippen LogP contribution in [0.5, 0.6) is 11.5 Å². The van der Waals surface area contributed by atoms with Crippen molar-refractivity contribution < 1.29 is 9.47 Å². The van der Waals surface area contributed by atoms with E-state index in [2.05, 4.69) is 58.6 Å². The predicted molar refractivity (Wildman–Crippen MR) is 140 cm³/mol. The molecule has 2 aromatic carbocycles. The summed E-state index contributed by atoms with van der Waals surface area (Å²) in [6, 6.07) is 14.3. The molecule has 0 N–H and O–H groups in total. The highest BCUT2D eigenvalue weighted by Crippen LogP contribution is 2.39. The Balaban J connectivity index is 1.47. The van der Waals surface area contributed by atoms with Crippen LogP contribution >= 0.6 is 23.1 Å². The van der Waals surface area contributed by atoms with E-state index < -0.39 is 0 Å². The van der Waals surface area contributed by atoms with Crippen molar-refractivity contribution in [1.29, 1.82) is 0 Å². The van der Waals surface area contributed by atoms with Crippen molar-refractivity contribution in [3.8, 4) is 33.5 Å². The Morgan fingerprint density at radius 1 is 1.00 bits per heavy atom. The van der Waals surface area contributed by atoms with E-state index in [1.165, 1.54) is 5.69 Å². The van der Waals surface area contributed by atoms with Crippen LogP contribution in [0.25, 0.3) is 22.0 Å². The van der Waals surface area contributed by atoms with Gasteiger partial charge in [-0.3, -0.25) is 0 Å². The molecule has 0 radical (unpaired) electrons. The second kappa shape index (κ2) is 10.9. The summed E-state index contributed by atoms with van der Waals surface area (Å²) in [6.07, 6.45) is 0. The summed E-state index contributed by atoms with van der Waals surface area (Å²) < 4.78 is 13.0. The number of aromatic nitrogens is 4. The van der Waals surface area contributed by atoms with Crippen LogP contribution < -0.4 is 14.4 Å². The first-order chi connectivity index (χ1) is 16.6. The van der Waals surface area contributed by atoms with Gasteiger partial charge in [0.2, 0.25) is 0 Å². The number of rotatable bonds is 10. The van der Waals surface area contributed by atoms with E-state index in [-0.39, 0.29) is 0 Å². The van der Waals surface area contributed by atoms with Gasteiger partial charge in [0.1, 0.15) is 5.01 Å². The highest BCUT2D eigenvalue weighted by molar-refractivity contribution is 7.98. The molecule has 0 fully saturated rings. The van der Waals surface area contributed by atoms with Gasteiger partial charge in [0.25, 0.3) is 0 Å². The zero-order valence-electron chi connectivity index (χ0n) is 20.1. The number of para-hydroxylation sites is 1. The summed E-state index contributed by atoms with van der Waals surface area (Å²) in [6.45, 7) is 6.32. The van der Waals surface area contributed by atoms with E-state index in [0.29, 0.717) is 17.3 Å². The van der Waals surface area contributed by atoms with Crippen molar-refractivity contribution in [1.82, 2.24) is 19.7 Å². The number of anilines is 1. The molecule has 7 nitrogen and oxygen atoms in total. The molecule has 2 aromatic heterocycles. The molecular weight excluding hydrogens is 466 g/mol. The molecule has 0 aliphatic rings. The second-order valence-electron chi connectivity index (χ2n) is 7.56. The highest BCUT2D eigenvalue weighted by atomic mass is 32.2. The summed E-state index contributed by atoms with van der Waals surface area (Å²) in [5, 5.41) is 12.7. The van der Waals surface area contributed by atoms with Gasteiger partial charge < -0.3 is 18.9 Å². The van der Waals surface area contributed by atoms with Crippen LogP contribution in [0, 0.1) is 0 Å². The van der Waals surface area contributed by atoms with Crippen LogP contribution in [0.15, 0.2) is 53.0 Å². The number of nitrogens with zero attached hydrogens (tertiary/aromatic N) is 5. The molecule has 0 amide bonds.